The Kier molecular flexibility index (Phi) is 19.2. The van der Waals surface area contributed by atoms with Gasteiger partial charge < -0.3 is 65.0 Å². The molecule has 0 saturated heterocycles. The Morgan fingerprint density at radius 3 is 1.98 bits per heavy atom. The fourth-order valence-electron chi connectivity index (χ4n) is 3.91. The van der Waals surface area contributed by atoms with Crippen LogP contribution in [0.1, 0.15) is 58.8 Å². The van der Waals surface area contributed by atoms with E-state index in [4.69, 9.17) is 28.7 Å². The summed E-state index contributed by atoms with van der Waals surface area (Å²) < 4.78 is 0. The second-order valence-electron chi connectivity index (χ2n) is 10.7. The summed E-state index contributed by atoms with van der Waals surface area (Å²) in [4.78, 5) is 54.4. The molecule has 1 unspecified atom stereocenters. The Balaban J connectivity index is 5.66. The number of hydrogen-bond acceptors (Lipinski definition) is 11. The number of carboxylic acids is 1. The predicted molar refractivity (Wildman–Crippen MR) is 155 cm³/mol. The number of nitrogens with two attached hydrogens (primary N) is 5. The fraction of sp³-hybridized carbons (Fsp3) is 0.800. The number of carboxylic acid groups (broad SMARTS) is 1. The summed E-state index contributed by atoms with van der Waals surface area (Å²) in [6, 6.07) is -5.91. The Bertz CT molecular complexity index is 873. The van der Waals surface area contributed by atoms with Gasteiger partial charge in [0.15, 0.2) is 5.96 Å². The Hall–Kier alpha value is -3.09. The van der Waals surface area contributed by atoms with Crippen LogP contribution in [-0.2, 0) is 19.2 Å². The van der Waals surface area contributed by atoms with Gasteiger partial charge in [-0.2, -0.15) is 0 Å². The molecule has 0 aliphatic carbocycles. The Morgan fingerprint density at radius 2 is 1.45 bits per heavy atom. The number of nitrogens with zero attached hydrogens (tertiary/aromatic N) is 1. The molecule has 0 bridgehead atoms. The molecule has 0 rings (SSSR count). The maximum Gasteiger partial charge on any atom is 0.326 e. The van der Waals surface area contributed by atoms with Crippen molar-refractivity contribution in [2.75, 3.05) is 19.7 Å². The number of aliphatic hydroxyl groups excluding tert-OH is 3. The van der Waals surface area contributed by atoms with Gasteiger partial charge >= 0.3 is 5.97 Å². The fourth-order valence-corrected chi connectivity index (χ4v) is 3.91. The van der Waals surface area contributed by atoms with Crippen LogP contribution in [0.25, 0.3) is 0 Å². The van der Waals surface area contributed by atoms with Crippen molar-refractivity contribution in [3.05, 3.63) is 0 Å². The van der Waals surface area contributed by atoms with E-state index >= 15 is 0 Å². The second-order valence-corrected chi connectivity index (χ2v) is 10.7. The van der Waals surface area contributed by atoms with Gasteiger partial charge in [-0.1, -0.05) is 13.8 Å². The third kappa shape index (κ3) is 16.4. The molecule has 244 valence electrons. The first kappa shape index (κ1) is 38.9. The van der Waals surface area contributed by atoms with Crippen LogP contribution in [0.5, 0.6) is 0 Å². The highest BCUT2D eigenvalue weighted by atomic mass is 16.4. The minimum Gasteiger partial charge on any atom is -0.480 e. The molecule has 0 spiro atoms. The van der Waals surface area contributed by atoms with Gasteiger partial charge in [0.1, 0.15) is 24.2 Å². The summed E-state index contributed by atoms with van der Waals surface area (Å²) >= 11 is 0. The maximum absolute atomic E-state index is 13.3. The van der Waals surface area contributed by atoms with Gasteiger partial charge in [0.25, 0.3) is 0 Å². The van der Waals surface area contributed by atoms with Gasteiger partial charge in [-0.25, -0.2) is 4.79 Å². The molecule has 0 heterocycles. The van der Waals surface area contributed by atoms with Crippen LogP contribution in [0.2, 0.25) is 0 Å². The summed E-state index contributed by atoms with van der Waals surface area (Å²) in [5.74, 6) is -4.14. The van der Waals surface area contributed by atoms with Crippen LogP contribution in [0, 0.1) is 5.92 Å². The zero-order valence-electron chi connectivity index (χ0n) is 24.4. The number of carbonyl (C=O) groups excluding carboxylic acids is 3. The van der Waals surface area contributed by atoms with Crippen molar-refractivity contribution >= 4 is 29.7 Å². The van der Waals surface area contributed by atoms with Crippen molar-refractivity contribution in [3.63, 3.8) is 0 Å². The normalized spacial score (nSPS) is 16.3. The van der Waals surface area contributed by atoms with Crippen LogP contribution < -0.4 is 44.6 Å². The molecule has 17 heteroatoms. The minimum atomic E-state index is -1.57. The summed E-state index contributed by atoms with van der Waals surface area (Å²) in [5.41, 5.74) is 27.6. The number of rotatable bonds is 22. The van der Waals surface area contributed by atoms with Crippen molar-refractivity contribution in [1.29, 1.82) is 0 Å². The Morgan fingerprint density at radius 1 is 0.833 bits per heavy atom. The van der Waals surface area contributed by atoms with E-state index in [1.165, 1.54) is 0 Å². The molecule has 17 N–H and O–H groups in total. The average molecular weight is 606 g/mol. The van der Waals surface area contributed by atoms with Gasteiger partial charge in [0.2, 0.25) is 17.7 Å². The third-order valence-corrected chi connectivity index (χ3v) is 6.37. The quantitative estimate of drug-likeness (QED) is 0.0315. The monoisotopic (exact) mass is 605 g/mol. The smallest absolute Gasteiger partial charge is 0.326 e. The molecule has 17 nitrogen and oxygen atoms in total. The first-order valence-electron chi connectivity index (χ1n) is 14.0. The van der Waals surface area contributed by atoms with E-state index in [1.807, 2.05) is 0 Å². The minimum absolute atomic E-state index is 0.0121. The number of aliphatic carboxylic acids is 1. The summed E-state index contributed by atoms with van der Waals surface area (Å²) in [6.45, 7) is 3.13. The lowest BCUT2D eigenvalue weighted by molar-refractivity contribution is -0.143. The topological polar surface area (TPSA) is 328 Å². The zero-order valence-corrected chi connectivity index (χ0v) is 24.4. The average Bonchev–Trinajstić information content (AvgIpc) is 2.92. The van der Waals surface area contributed by atoms with Crippen LogP contribution in [0.4, 0.5) is 0 Å². The van der Waals surface area contributed by atoms with Gasteiger partial charge in [0.05, 0.1) is 18.8 Å². The number of guanidine groups is 1. The van der Waals surface area contributed by atoms with Gasteiger partial charge in [-0.15, -0.1) is 0 Å². The molecule has 42 heavy (non-hydrogen) atoms. The molecule has 0 aromatic carbocycles. The number of nitrogens with one attached hydrogen (secondary N) is 3. The van der Waals surface area contributed by atoms with Crippen LogP contribution in [0.3, 0.4) is 0 Å². The van der Waals surface area contributed by atoms with E-state index in [1.54, 1.807) is 13.8 Å². The molecule has 0 aliphatic heterocycles. The van der Waals surface area contributed by atoms with Crippen LogP contribution in [0.15, 0.2) is 4.99 Å². The number of hydrogen-bond donors (Lipinski definition) is 12. The van der Waals surface area contributed by atoms with Crippen LogP contribution in [-0.4, -0.2) is 112 Å². The first-order chi connectivity index (χ1) is 19.6. The second kappa shape index (κ2) is 20.7. The van der Waals surface area contributed by atoms with E-state index in [0.29, 0.717) is 19.4 Å². The van der Waals surface area contributed by atoms with Crippen molar-refractivity contribution in [3.8, 4) is 0 Å². The number of carbonyl (C=O) groups is 4. The van der Waals surface area contributed by atoms with E-state index in [9.17, 15) is 39.6 Å². The summed E-state index contributed by atoms with van der Waals surface area (Å²) in [5, 5.41) is 46.5. The molecule has 0 fully saturated rings. The Labute approximate surface area is 246 Å². The highest BCUT2D eigenvalue weighted by molar-refractivity contribution is 5.94. The lowest BCUT2D eigenvalue weighted by Gasteiger charge is -2.28. The maximum atomic E-state index is 13.3. The molecule has 0 aromatic rings. The van der Waals surface area contributed by atoms with Crippen molar-refractivity contribution in [2.45, 2.75) is 101 Å². The van der Waals surface area contributed by atoms with E-state index in [-0.39, 0.29) is 56.6 Å². The molecular weight excluding hydrogens is 554 g/mol. The number of aliphatic hydroxyl groups is 3. The highest BCUT2D eigenvalue weighted by Crippen LogP contribution is 2.12. The third-order valence-electron chi connectivity index (χ3n) is 6.37. The molecule has 0 aliphatic rings. The molecule has 0 saturated carbocycles. The number of aliphatic imine (C=N–C) groups is 1. The highest BCUT2D eigenvalue weighted by Gasteiger charge is 2.34. The number of amides is 3. The molecule has 0 aromatic heterocycles. The van der Waals surface area contributed by atoms with Gasteiger partial charge in [0, 0.05) is 19.1 Å². The lowest BCUT2D eigenvalue weighted by atomic mass is 9.98. The van der Waals surface area contributed by atoms with E-state index in [2.05, 4.69) is 20.9 Å². The van der Waals surface area contributed by atoms with Crippen molar-refractivity contribution in [1.82, 2.24) is 16.0 Å². The molecule has 0 radical (unpaired) electrons. The largest absolute Gasteiger partial charge is 0.480 e. The van der Waals surface area contributed by atoms with Gasteiger partial charge in [-0.3, -0.25) is 19.4 Å². The van der Waals surface area contributed by atoms with Crippen molar-refractivity contribution < 1.29 is 39.6 Å². The summed E-state index contributed by atoms with van der Waals surface area (Å²) in [7, 11) is 0. The predicted octanol–water partition coefficient (Wildman–Crippen LogP) is -4.49. The summed E-state index contributed by atoms with van der Waals surface area (Å²) in [6.07, 6.45) is -1.03. The van der Waals surface area contributed by atoms with Gasteiger partial charge in [-0.05, 0) is 50.9 Å². The van der Waals surface area contributed by atoms with Crippen molar-refractivity contribution in [2.24, 2.45) is 39.6 Å². The first-order valence-corrected chi connectivity index (χ1v) is 14.0. The standard InChI is InChI=1S/C25H51N9O8/c1-13(2)10-18(22(39)32-17(24(41)42)7-6-15(36)11-26)33-23(40)20(34-21(38)16(28)12-35)19(37)8-5-14(27)4-3-9-31-25(29)30/h13-20,35-37H,3-12,26-28H2,1-2H3,(H,32,39)(H,33,40)(H,34,38)(H,41,42)(H4,29,30,31)/t14-,15?,16-,17-,18-,19-,20-/m0/s1. The van der Waals surface area contributed by atoms with E-state index in [0.717, 1.165) is 0 Å². The molecule has 7 atom stereocenters. The SMILES string of the molecule is CC(C)C[C@H](NC(=O)[C@@H](NC(=O)[C@@H](N)CO)[C@@H](O)CC[C@@H](N)CCCN=C(N)N)C(=O)N[C@@H](CCC(O)CN)C(=O)O. The van der Waals surface area contributed by atoms with E-state index < -0.39 is 66.7 Å². The van der Waals surface area contributed by atoms with Crippen LogP contribution >= 0.6 is 0 Å². The lowest BCUT2D eigenvalue weighted by Crippen LogP contribution is -2.60. The zero-order chi connectivity index (χ0) is 32.4. The molecule has 3 amide bonds. The molecular formula is C25H51N9O8.